The zero-order valence-electron chi connectivity index (χ0n) is 18.2. The number of halogens is 2. The molecule has 1 amide bonds. The minimum atomic E-state index is 0.0612. The zero-order valence-corrected chi connectivity index (χ0v) is 20.6. The highest BCUT2D eigenvalue weighted by Gasteiger charge is 2.47. The number of carbonyl (C=O) groups is 2. The van der Waals surface area contributed by atoms with E-state index in [2.05, 4.69) is 34.1 Å². The predicted molar refractivity (Wildman–Crippen MR) is 129 cm³/mol. The van der Waals surface area contributed by atoms with E-state index in [9.17, 15) is 9.59 Å². The van der Waals surface area contributed by atoms with Gasteiger partial charge in [-0.2, -0.15) is 0 Å². The molecule has 1 aliphatic carbocycles. The molecule has 1 heterocycles. The Labute approximate surface area is 198 Å². The van der Waals surface area contributed by atoms with Gasteiger partial charge in [-0.05, 0) is 79.8 Å². The fourth-order valence-corrected chi connectivity index (χ4v) is 6.78. The minimum Gasteiger partial charge on any atom is -0.343 e. The summed E-state index contributed by atoms with van der Waals surface area (Å²) in [6.07, 6.45) is 4.68. The highest BCUT2D eigenvalue weighted by atomic mass is 79.9. The summed E-state index contributed by atoms with van der Waals surface area (Å²) < 4.78 is 1.14. The summed E-state index contributed by atoms with van der Waals surface area (Å²) in [5.41, 5.74) is 4.97. The molecule has 1 atom stereocenters. The molecule has 0 bridgehead atoms. The Kier molecular flexibility index (Phi) is 6.60. The third kappa shape index (κ3) is 4.47. The number of benzene rings is 2. The van der Waals surface area contributed by atoms with Crippen LogP contribution in [-0.2, 0) is 21.4 Å². The Hall–Kier alpha value is -1.65. The number of aryl methyl sites for hydroxylation is 1. The van der Waals surface area contributed by atoms with E-state index < -0.39 is 0 Å². The van der Waals surface area contributed by atoms with Gasteiger partial charge in [0.1, 0.15) is 5.78 Å². The smallest absolute Gasteiger partial charge is 0.222 e. The number of hydrogen-bond donors (Lipinski definition) is 0. The molecule has 2 aliphatic rings. The van der Waals surface area contributed by atoms with Gasteiger partial charge in [-0.1, -0.05) is 51.8 Å². The lowest BCUT2D eigenvalue weighted by Gasteiger charge is -2.41. The van der Waals surface area contributed by atoms with Crippen LogP contribution in [0.2, 0.25) is 5.02 Å². The van der Waals surface area contributed by atoms with Crippen molar-refractivity contribution in [1.82, 2.24) is 4.90 Å². The van der Waals surface area contributed by atoms with Gasteiger partial charge in [-0.15, -0.1) is 0 Å². The molecule has 0 saturated carbocycles. The second kappa shape index (κ2) is 9.07. The number of piperidine rings is 1. The number of fused-ring (bicyclic) bond motifs is 2. The van der Waals surface area contributed by atoms with Gasteiger partial charge in [-0.25, -0.2) is 0 Å². The maximum atomic E-state index is 12.9. The predicted octanol–water partition coefficient (Wildman–Crippen LogP) is 6.37. The molecule has 2 aromatic rings. The van der Waals surface area contributed by atoms with Crippen LogP contribution in [0.1, 0.15) is 67.2 Å². The van der Waals surface area contributed by atoms with E-state index in [-0.39, 0.29) is 23.0 Å². The van der Waals surface area contributed by atoms with E-state index in [1.54, 1.807) is 6.92 Å². The average molecular weight is 503 g/mol. The molecule has 0 aromatic heterocycles. The summed E-state index contributed by atoms with van der Waals surface area (Å²) in [6.45, 7) is 5.27. The summed E-state index contributed by atoms with van der Waals surface area (Å²) in [5, 5.41) is 0.745. The van der Waals surface area contributed by atoms with Crippen LogP contribution in [0.3, 0.4) is 0 Å². The van der Waals surface area contributed by atoms with Gasteiger partial charge in [0.05, 0.1) is 0 Å². The van der Waals surface area contributed by atoms with Crippen LogP contribution in [0.15, 0.2) is 40.9 Å². The number of hydrogen-bond acceptors (Lipinski definition) is 2. The summed E-state index contributed by atoms with van der Waals surface area (Å²) in [7, 11) is 0. The average Bonchev–Trinajstić information content (AvgIpc) is 3.01. The van der Waals surface area contributed by atoms with Crippen LogP contribution in [0.5, 0.6) is 0 Å². The number of rotatable bonds is 5. The van der Waals surface area contributed by atoms with E-state index in [4.69, 9.17) is 11.6 Å². The normalized spacial score (nSPS) is 19.5. The maximum Gasteiger partial charge on any atom is 0.222 e. The third-order valence-electron chi connectivity index (χ3n) is 7.20. The Morgan fingerprint density at radius 2 is 1.87 bits per heavy atom. The maximum absolute atomic E-state index is 12.9. The monoisotopic (exact) mass is 501 g/mol. The van der Waals surface area contributed by atoms with Crippen LogP contribution in [-0.4, -0.2) is 29.7 Å². The number of nitrogens with zero attached hydrogens (tertiary/aromatic N) is 1. The summed E-state index contributed by atoms with van der Waals surface area (Å²) in [4.78, 5) is 26.8. The lowest BCUT2D eigenvalue weighted by Crippen LogP contribution is -2.44. The van der Waals surface area contributed by atoms with Gasteiger partial charge < -0.3 is 9.69 Å². The quantitative estimate of drug-likeness (QED) is 0.476. The topological polar surface area (TPSA) is 37.4 Å². The highest BCUT2D eigenvalue weighted by molar-refractivity contribution is 9.10. The van der Waals surface area contributed by atoms with Crippen molar-refractivity contribution in [2.75, 3.05) is 13.1 Å². The Balaban J connectivity index is 1.45. The Morgan fingerprint density at radius 3 is 2.55 bits per heavy atom. The third-order valence-corrected chi connectivity index (χ3v) is 8.22. The number of amides is 1. The molecule has 2 aromatic carbocycles. The van der Waals surface area contributed by atoms with Crippen LogP contribution in [0.25, 0.3) is 0 Å². The number of likely N-dealkylation sites (tertiary alicyclic amines) is 1. The van der Waals surface area contributed by atoms with Crippen LogP contribution < -0.4 is 0 Å². The molecule has 31 heavy (non-hydrogen) atoms. The van der Waals surface area contributed by atoms with Gasteiger partial charge in [0.25, 0.3) is 0 Å². The van der Waals surface area contributed by atoms with E-state index >= 15 is 0 Å². The lowest BCUT2D eigenvalue weighted by molar-refractivity contribution is -0.132. The fraction of sp³-hybridized carbons (Fsp3) is 0.462. The van der Waals surface area contributed by atoms with Crippen LogP contribution in [0, 0.1) is 6.92 Å². The molecule has 5 heteroatoms. The Bertz CT molecular complexity index is 990. The summed E-state index contributed by atoms with van der Waals surface area (Å²) in [5.74, 6) is 0.741. The molecular formula is C26H29BrClNO2. The lowest BCUT2D eigenvalue weighted by atomic mass is 9.73. The fourth-order valence-electron chi connectivity index (χ4n) is 5.66. The molecule has 0 N–H and O–H groups in total. The molecule has 4 rings (SSSR count). The molecule has 1 aliphatic heterocycles. The standard InChI is InChI=1S/C26H29BrClNO2/c1-17-5-3-8-23(28)20(17)9-10-24(31)29-13-11-26(12-14-29)16-19(15-18(2)30)21-6-4-7-22(27)25(21)26/h3-8,19H,9-16H2,1-2H3. The van der Waals surface area contributed by atoms with Crippen molar-refractivity contribution < 1.29 is 9.59 Å². The van der Waals surface area contributed by atoms with E-state index in [0.29, 0.717) is 19.3 Å². The van der Waals surface area contributed by atoms with Crippen molar-refractivity contribution in [3.63, 3.8) is 0 Å². The SMILES string of the molecule is CC(=O)CC1CC2(CCN(C(=O)CCc3c(C)cccc3Cl)CC2)c2c(Br)cccc21. The molecular weight excluding hydrogens is 474 g/mol. The second-order valence-corrected chi connectivity index (χ2v) is 10.5. The van der Waals surface area contributed by atoms with Gasteiger partial charge >= 0.3 is 0 Å². The molecule has 1 spiro atoms. The first kappa shape index (κ1) is 22.5. The van der Waals surface area contributed by atoms with Crippen molar-refractivity contribution in [2.24, 2.45) is 0 Å². The molecule has 164 valence electrons. The van der Waals surface area contributed by atoms with Crippen molar-refractivity contribution in [1.29, 1.82) is 0 Å². The van der Waals surface area contributed by atoms with Gasteiger partial charge in [-0.3, -0.25) is 4.79 Å². The number of carbonyl (C=O) groups excluding carboxylic acids is 2. The molecule has 3 nitrogen and oxygen atoms in total. The van der Waals surface area contributed by atoms with E-state index in [1.165, 1.54) is 11.1 Å². The molecule has 1 fully saturated rings. The van der Waals surface area contributed by atoms with Gasteiger partial charge in [0.15, 0.2) is 0 Å². The van der Waals surface area contributed by atoms with Crippen molar-refractivity contribution >= 4 is 39.2 Å². The zero-order chi connectivity index (χ0) is 22.2. The van der Waals surface area contributed by atoms with E-state index in [1.807, 2.05) is 30.0 Å². The number of Topliss-reactive ketones (excluding diaryl/α,β-unsaturated/α-hetero) is 1. The summed E-state index contributed by atoms with van der Waals surface area (Å²) in [6, 6.07) is 12.3. The van der Waals surface area contributed by atoms with Gasteiger partial charge in [0.2, 0.25) is 5.91 Å². The van der Waals surface area contributed by atoms with Crippen molar-refractivity contribution in [3.8, 4) is 0 Å². The molecule has 1 saturated heterocycles. The molecule has 1 unspecified atom stereocenters. The highest BCUT2D eigenvalue weighted by Crippen LogP contribution is 2.55. The Morgan fingerprint density at radius 1 is 1.16 bits per heavy atom. The van der Waals surface area contributed by atoms with E-state index in [0.717, 1.165) is 53.0 Å². The van der Waals surface area contributed by atoms with Gasteiger partial charge in [0, 0.05) is 40.8 Å². The first-order valence-corrected chi connectivity index (χ1v) is 12.3. The number of ketones is 1. The van der Waals surface area contributed by atoms with Crippen molar-refractivity contribution in [3.05, 3.63) is 68.1 Å². The summed E-state index contributed by atoms with van der Waals surface area (Å²) >= 11 is 10.1. The van der Waals surface area contributed by atoms with Crippen LogP contribution >= 0.6 is 27.5 Å². The minimum absolute atomic E-state index is 0.0612. The van der Waals surface area contributed by atoms with Crippen LogP contribution in [0.4, 0.5) is 0 Å². The molecule has 0 radical (unpaired) electrons. The van der Waals surface area contributed by atoms with Crippen molar-refractivity contribution in [2.45, 2.75) is 63.7 Å². The first-order valence-electron chi connectivity index (χ1n) is 11.1. The first-order chi connectivity index (χ1) is 14.8. The largest absolute Gasteiger partial charge is 0.343 e. The second-order valence-electron chi connectivity index (χ2n) is 9.21.